The van der Waals surface area contributed by atoms with Gasteiger partial charge in [0.2, 0.25) is 5.88 Å². The van der Waals surface area contributed by atoms with Gasteiger partial charge in [-0.3, -0.25) is 4.79 Å². The van der Waals surface area contributed by atoms with Crippen LogP contribution in [0.5, 0.6) is 11.6 Å². The van der Waals surface area contributed by atoms with Crippen LogP contribution in [-0.2, 0) is 17.8 Å². The number of likely N-dealkylation sites (tertiary alicyclic amines) is 1. The number of carbonyl (C=O) groups is 1. The molecule has 3 fully saturated rings. The van der Waals surface area contributed by atoms with E-state index < -0.39 is 0 Å². The number of benzene rings is 1. The molecule has 222 valence electrons. The van der Waals surface area contributed by atoms with Crippen LogP contribution in [0.4, 0.5) is 0 Å². The van der Waals surface area contributed by atoms with Gasteiger partial charge < -0.3 is 34.0 Å². The van der Waals surface area contributed by atoms with Gasteiger partial charge in [-0.05, 0) is 75.6 Å². The smallest absolute Gasteiger partial charge is 0.254 e. The molecule has 0 unspecified atom stereocenters. The van der Waals surface area contributed by atoms with Crippen molar-refractivity contribution in [2.24, 2.45) is 17.6 Å². The standard InChI is InChI=1S/C32H40N6O4/c1-6-36-24(12-19-8-10-26(41-4)35-29(19)36)30-34-22-11-21(31(39)37-17-20-7-9-23(37)27(20)33)13-25(40-3)28(22)38(30)16-18-14-32(2,15-18)42-5/h8,10-13,18,20,23,27H,6-7,9,14-17,33H2,1-5H3/t18-,20-,23-,27-,32+/m1/s1. The van der Waals surface area contributed by atoms with Gasteiger partial charge in [-0.25, -0.2) is 4.98 Å². The molecule has 10 heteroatoms. The van der Waals surface area contributed by atoms with Crippen LogP contribution in [0.25, 0.3) is 33.6 Å². The number of amides is 1. The average molecular weight is 573 g/mol. The van der Waals surface area contributed by atoms with E-state index in [1.807, 2.05) is 29.2 Å². The van der Waals surface area contributed by atoms with Crippen LogP contribution in [0.1, 0.15) is 49.9 Å². The number of methoxy groups -OCH3 is 3. The van der Waals surface area contributed by atoms with Gasteiger partial charge in [-0.15, -0.1) is 0 Å². The van der Waals surface area contributed by atoms with Crippen LogP contribution < -0.4 is 15.2 Å². The molecule has 1 aliphatic heterocycles. The molecule has 3 aliphatic rings. The third kappa shape index (κ3) is 4.10. The molecule has 4 aromatic rings. The van der Waals surface area contributed by atoms with Crippen LogP contribution in [0.3, 0.4) is 0 Å². The minimum Gasteiger partial charge on any atom is -0.494 e. The van der Waals surface area contributed by atoms with Crippen molar-refractivity contribution in [1.29, 1.82) is 0 Å². The van der Waals surface area contributed by atoms with Gasteiger partial charge in [0.15, 0.2) is 5.82 Å². The minimum atomic E-state index is -0.0976. The monoisotopic (exact) mass is 572 g/mol. The molecule has 3 atom stereocenters. The number of rotatable bonds is 8. The van der Waals surface area contributed by atoms with E-state index in [0.717, 1.165) is 72.4 Å². The first-order chi connectivity index (χ1) is 20.3. The molecule has 42 heavy (non-hydrogen) atoms. The summed E-state index contributed by atoms with van der Waals surface area (Å²) < 4.78 is 21.6. The summed E-state index contributed by atoms with van der Waals surface area (Å²) in [5, 5.41) is 1.02. The summed E-state index contributed by atoms with van der Waals surface area (Å²) in [7, 11) is 5.08. The van der Waals surface area contributed by atoms with Crippen molar-refractivity contribution < 1.29 is 19.0 Å². The Labute approximate surface area is 245 Å². The fourth-order valence-corrected chi connectivity index (χ4v) is 7.77. The molecule has 2 saturated carbocycles. The molecule has 0 spiro atoms. The van der Waals surface area contributed by atoms with Gasteiger partial charge in [-0.2, -0.15) is 4.98 Å². The van der Waals surface area contributed by atoms with E-state index in [4.69, 9.17) is 29.9 Å². The van der Waals surface area contributed by atoms with Gasteiger partial charge in [0.05, 0.1) is 31.0 Å². The second-order valence-electron chi connectivity index (χ2n) is 12.5. The molecule has 10 nitrogen and oxygen atoms in total. The number of nitrogens with zero attached hydrogens (tertiary/aromatic N) is 5. The molecule has 3 aromatic heterocycles. The van der Waals surface area contributed by atoms with Crippen molar-refractivity contribution in [2.45, 2.75) is 70.3 Å². The summed E-state index contributed by atoms with van der Waals surface area (Å²) in [5.41, 5.74) is 10.4. The molecule has 2 aliphatic carbocycles. The van der Waals surface area contributed by atoms with Gasteiger partial charge >= 0.3 is 0 Å². The van der Waals surface area contributed by atoms with E-state index in [9.17, 15) is 4.79 Å². The van der Waals surface area contributed by atoms with Crippen LogP contribution >= 0.6 is 0 Å². The number of carbonyl (C=O) groups excluding carboxylic acids is 1. The molecule has 1 amide bonds. The van der Waals surface area contributed by atoms with Crippen molar-refractivity contribution in [2.75, 3.05) is 27.9 Å². The lowest BCUT2D eigenvalue weighted by molar-refractivity contribution is -0.0937. The minimum absolute atomic E-state index is 0.00257. The Morgan fingerprint density at radius 3 is 2.52 bits per heavy atom. The zero-order chi connectivity index (χ0) is 29.3. The number of hydrogen-bond acceptors (Lipinski definition) is 7. The van der Waals surface area contributed by atoms with Gasteiger partial charge in [0.1, 0.15) is 16.9 Å². The summed E-state index contributed by atoms with van der Waals surface area (Å²) in [6.07, 6.45) is 4.00. The summed E-state index contributed by atoms with van der Waals surface area (Å²) in [6.45, 7) is 6.48. The van der Waals surface area contributed by atoms with E-state index in [1.54, 1.807) is 21.3 Å². The van der Waals surface area contributed by atoms with Crippen molar-refractivity contribution in [1.82, 2.24) is 24.0 Å². The van der Waals surface area contributed by atoms with Crippen LogP contribution in [0.15, 0.2) is 30.3 Å². The van der Waals surface area contributed by atoms with Crippen LogP contribution in [0, 0.1) is 11.8 Å². The fraction of sp³-hybridized carbons (Fsp3) is 0.531. The molecule has 0 radical (unpaired) electrons. The number of aromatic nitrogens is 4. The van der Waals surface area contributed by atoms with E-state index >= 15 is 0 Å². The Balaban J connectivity index is 1.37. The first-order valence-electron chi connectivity index (χ1n) is 15.0. The number of piperidine rings is 1. The lowest BCUT2D eigenvalue weighted by atomic mass is 9.72. The highest BCUT2D eigenvalue weighted by Crippen LogP contribution is 2.44. The topological polar surface area (TPSA) is 110 Å². The maximum atomic E-state index is 13.8. The van der Waals surface area contributed by atoms with Crippen molar-refractivity contribution in [3.8, 4) is 23.1 Å². The third-order valence-electron chi connectivity index (χ3n) is 10.0. The molecular weight excluding hydrogens is 532 g/mol. The van der Waals surface area contributed by atoms with Gasteiger partial charge in [0, 0.05) is 55.8 Å². The normalized spacial score (nSPS) is 26.8. The first kappa shape index (κ1) is 27.2. The molecule has 1 saturated heterocycles. The number of imidazole rings is 1. The number of hydrogen-bond donors (Lipinski definition) is 1. The third-order valence-corrected chi connectivity index (χ3v) is 10.0. The van der Waals surface area contributed by atoms with E-state index in [1.165, 1.54) is 0 Å². The molecular formula is C32H40N6O4. The number of pyridine rings is 1. The van der Waals surface area contributed by atoms with Crippen molar-refractivity contribution in [3.63, 3.8) is 0 Å². The second kappa shape index (κ2) is 9.98. The molecule has 1 aromatic carbocycles. The van der Waals surface area contributed by atoms with E-state index in [0.29, 0.717) is 35.6 Å². The number of aryl methyl sites for hydroxylation is 1. The Hall–Kier alpha value is -3.63. The van der Waals surface area contributed by atoms with Crippen LogP contribution in [0.2, 0.25) is 0 Å². The number of ether oxygens (including phenoxy) is 3. The zero-order valence-corrected chi connectivity index (χ0v) is 25.1. The Bertz CT molecular complexity index is 1690. The molecule has 2 bridgehead atoms. The van der Waals surface area contributed by atoms with Crippen LogP contribution in [-0.4, -0.2) is 75.5 Å². The largest absolute Gasteiger partial charge is 0.494 e. The highest BCUT2D eigenvalue weighted by Gasteiger charge is 2.47. The molecule has 2 N–H and O–H groups in total. The zero-order valence-electron chi connectivity index (χ0n) is 25.1. The number of fused-ring (bicyclic) bond motifs is 4. The number of nitrogens with two attached hydrogens (primary N) is 1. The summed E-state index contributed by atoms with van der Waals surface area (Å²) in [5.74, 6) is 2.87. The Morgan fingerprint density at radius 1 is 1.07 bits per heavy atom. The van der Waals surface area contributed by atoms with Gasteiger partial charge in [0.25, 0.3) is 5.91 Å². The SMILES string of the molecule is CCn1c(-c2nc3cc(C(=O)N4C[C@H]5CC[C@@H]4[C@@H]5N)cc(OC)c3n2C[C@H]2C[C@@](C)(OC)C2)cc2ccc(OC)nc21. The first-order valence-corrected chi connectivity index (χ1v) is 15.0. The Morgan fingerprint density at radius 2 is 1.88 bits per heavy atom. The van der Waals surface area contributed by atoms with Crippen molar-refractivity contribution in [3.05, 3.63) is 35.9 Å². The lowest BCUT2D eigenvalue weighted by Crippen LogP contribution is -2.44. The maximum Gasteiger partial charge on any atom is 0.254 e. The van der Waals surface area contributed by atoms with Gasteiger partial charge in [-0.1, -0.05) is 0 Å². The van der Waals surface area contributed by atoms with E-state index in [-0.39, 0.29) is 23.6 Å². The highest BCUT2D eigenvalue weighted by molar-refractivity contribution is 6.00. The molecule has 4 heterocycles. The Kier molecular flexibility index (Phi) is 6.47. The highest BCUT2D eigenvalue weighted by atomic mass is 16.5. The maximum absolute atomic E-state index is 13.8. The average Bonchev–Trinajstić information content (AvgIpc) is 3.73. The summed E-state index contributed by atoms with van der Waals surface area (Å²) in [6, 6.07) is 10.0. The fourth-order valence-electron chi connectivity index (χ4n) is 7.77. The summed E-state index contributed by atoms with van der Waals surface area (Å²) in [4.78, 5) is 25.7. The second-order valence-corrected chi connectivity index (χ2v) is 12.5. The molecule has 7 rings (SSSR count). The predicted octanol–water partition coefficient (Wildman–Crippen LogP) is 4.47. The summed E-state index contributed by atoms with van der Waals surface area (Å²) >= 11 is 0. The predicted molar refractivity (Wildman–Crippen MR) is 161 cm³/mol. The van der Waals surface area contributed by atoms with E-state index in [2.05, 4.69) is 29.0 Å². The lowest BCUT2D eigenvalue weighted by Gasteiger charge is -2.44. The quantitative estimate of drug-likeness (QED) is 0.332. The van der Waals surface area contributed by atoms with Crippen molar-refractivity contribution >= 4 is 28.0 Å².